The van der Waals surface area contributed by atoms with E-state index in [1.165, 1.54) is 12.1 Å². The fraction of sp³-hybridized carbons (Fsp3) is 0.355. The zero-order chi connectivity index (χ0) is 32.1. The summed E-state index contributed by atoms with van der Waals surface area (Å²) in [5.41, 5.74) is 11.4. The average Bonchev–Trinajstić information content (AvgIpc) is 2.90. The van der Waals surface area contributed by atoms with E-state index in [1.54, 1.807) is 36.5 Å². The Bertz CT molecular complexity index is 1600. The summed E-state index contributed by atoms with van der Waals surface area (Å²) in [7, 11) is 1.86. The summed E-state index contributed by atoms with van der Waals surface area (Å²) in [6, 6.07) is 12.6. The van der Waals surface area contributed by atoms with Gasteiger partial charge in [0.15, 0.2) is 17.6 Å². The van der Waals surface area contributed by atoms with Crippen LogP contribution in [-0.2, 0) is 21.9 Å². The minimum absolute atomic E-state index is 0.194. The Morgan fingerprint density at radius 3 is 2.28 bits per heavy atom. The number of aryl methyl sites for hydroxylation is 1. The van der Waals surface area contributed by atoms with Crippen LogP contribution in [0.15, 0.2) is 54.9 Å². The lowest BCUT2D eigenvalue weighted by Gasteiger charge is -2.24. The van der Waals surface area contributed by atoms with Gasteiger partial charge in [-0.15, -0.1) is 0 Å². The summed E-state index contributed by atoms with van der Waals surface area (Å²) < 4.78 is 32.1. The van der Waals surface area contributed by atoms with Crippen molar-refractivity contribution in [3.63, 3.8) is 0 Å². The van der Waals surface area contributed by atoms with Crippen LogP contribution < -0.4 is 36.3 Å². The first-order valence-electron chi connectivity index (χ1n) is 13.8. The number of H-pyrrole nitrogens is 1. The van der Waals surface area contributed by atoms with Crippen molar-refractivity contribution in [3.8, 4) is 5.75 Å². The Labute approximate surface area is 254 Å². The highest BCUT2D eigenvalue weighted by molar-refractivity contribution is 7.92. The number of hydrogen-bond donors (Lipinski definition) is 4. The third-order valence-electron chi connectivity index (χ3n) is 6.77. The third-order valence-corrected chi connectivity index (χ3v) is 7.36. The number of carbonyl (C=O) groups excluding carboxylic acids is 1. The molecule has 0 saturated heterocycles. The van der Waals surface area contributed by atoms with Crippen LogP contribution >= 0.6 is 0 Å². The molecule has 0 saturated carbocycles. The van der Waals surface area contributed by atoms with Gasteiger partial charge in [0.25, 0.3) is 5.91 Å². The van der Waals surface area contributed by atoms with Gasteiger partial charge in [0, 0.05) is 30.8 Å². The van der Waals surface area contributed by atoms with Crippen LogP contribution in [0.1, 0.15) is 53.5 Å². The zero-order valence-electron chi connectivity index (χ0n) is 26.2. The fourth-order valence-electron chi connectivity index (χ4n) is 4.30. The second-order valence-corrected chi connectivity index (χ2v) is 13.6. The molecule has 1 aromatic heterocycles. The molecule has 1 amide bonds. The van der Waals surface area contributed by atoms with Gasteiger partial charge in [-0.1, -0.05) is 26.8 Å². The van der Waals surface area contributed by atoms with E-state index in [9.17, 15) is 13.2 Å². The largest absolute Gasteiger partial charge is 0.492 e. The number of methoxy groups -OCH3 is 1. The van der Waals surface area contributed by atoms with E-state index in [0.29, 0.717) is 22.6 Å². The maximum absolute atomic E-state index is 13.5. The smallest absolute Gasteiger partial charge is 0.255 e. The van der Waals surface area contributed by atoms with E-state index in [4.69, 9.17) is 16.3 Å². The van der Waals surface area contributed by atoms with Gasteiger partial charge in [-0.3, -0.25) is 14.5 Å². The molecule has 43 heavy (non-hydrogen) atoms. The van der Waals surface area contributed by atoms with Crippen LogP contribution in [0.2, 0.25) is 0 Å². The van der Waals surface area contributed by atoms with Crippen molar-refractivity contribution in [2.24, 2.45) is 11.6 Å². The number of aromatic nitrogens is 1. The lowest BCUT2D eigenvalue weighted by molar-refractivity contribution is -0.390. The van der Waals surface area contributed by atoms with Crippen molar-refractivity contribution in [2.45, 2.75) is 39.5 Å². The van der Waals surface area contributed by atoms with Crippen molar-refractivity contribution in [1.29, 1.82) is 0 Å². The molecule has 0 bridgehead atoms. The van der Waals surface area contributed by atoms with Crippen LogP contribution in [0.25, 0.3) is 5.70 Å². The van der Waals surface area contributed by atoms with E-state index >= 15 is 0 Å². The number of benzene rings is 2. The molecule has 1 heterocycles. The number of nitrogens with zero attached hydrogens (tertiary/aromatic N) is 2. The molecular weight excluding hydrogens is 566 g/mol. The monoisotopic (exact) mass is 610 g/mol. The van der Waals surface area contributed by atoms with Gasteiger partial charge in [-0.05, 0) is 67.9 Å². The zero-order valence-corrected chi connectivity index (χ0v) is 27.0. The highest BCUT2D eigenvalue weighted by atomic mass is 32.2. The van der Waals surface area contributed by atoms with Crippen LogP contribution in [0.5, 0.6) is 5.75 Å². The molecule has 3 rings (SSSR count). The van der Waals surface area contributed by atoms with E-state index < -0.39 is 15.9 Å². The van der Waals surface area contributed by atoms with E-state index in [1.807, 2.05) is 60.1 Å². The van der Waals surface area contributed by atoms with Crippen molar-refractivity contribution in [1.82, 2.24) is 4.90 Å². The Balaban J connectivity index is 1.90. The Kier molecular flexibility index (Phi) is 10.4. The molecule has 11 nitrogen and oxygen atoms in total. The highest BCUT2D eigenvalue weighted by Crippen LogP contribution is 2.39. The van der Waals surface area contributed by atoms with Gasteiger partial charge in [0.05, 0.1) is 41.7 Å². The molecule has 0 aliphatic carbocycles. The Morgan fingerprint density at radius 2 is 1.72 bits per heavy atom. The van der Waals surface area contributed by atoms with Gasteiger partial charge in [0.1, 0.15) is 0 Å². The quantitative estimate of drug-likeness (QED) is 0.190. The van der Waals surface area contributed by atoms with Crippen LogP contribution in [0, 0.1) is 6.92 Å². The number of hydrazine groups is 1. The summed E-state index contributed by atoms with van der Waals surface area (Å²) in [5, 5.41) is 4.27. The third kappa shape index (κ3) is 9.18. The number of amides is 1. The lowest BCUT2D eigenvalue weighted by Crippen LogP contribution is -2.27. The first-order valence-corrected chi connectivity index (χ1v) is 15.7. The van der Waals surface area contributed by atoms with Crippen LogP contribution in [0.3, 0.4) is 0 Å². The van der Waals surface area contributed by atoms with Crippen molar-refractivity contribution in [3.05, 3.63) is 82.8 Å². The SMILES string of the molecule is COc1c(NC(=O)c2ccc(C)c(N(N)/C=C(\N)c3ccc(CCN(C)C)[nH+]c3)c2)cc(C(C)(C)C)cc1NS(C)(=O)=O. The number of hydrogen-bond acceptors (Lipinski definition) is 8. The minimum atomic E-state index is -3.61. The molecule has 12 heteroatoms. The molecule has 2 aromatic carbocycles. The highest BCUT2D eigenvalue weighted by Gasteiger charge is 2.23. The molecule has 0 fully saturated rings. The van der Waals surface area contributed by atoms with Gasteiger partial charge in [-0.2, -0.15) is 0 Å². The number of pyridine rings is 1. The molecule has 0 radical (unpaired) electrons. The number of nitrogens with one attached hydrogen (secondary N) is 3. The van der Waals surface area contributed by atoms with Crippen molar-refractivity contribution >= 4 is 38.7 Å². The molecule has 0 unspecified atom stereocenters. The topological polar surface area (TPSA) is 157 Å². The van der Waals surface area contributed by atoms with Gasteiger partial charge >= 0.3 is 0 Å². The number of nitrogens with two attached hydrogens (primary N) is 2. The number of ether oxygens (including phenoxy) is 1. The molecule has 0 aliphatic rings. The van der Waals surface area contributed by atoms with Gasteiger partial charge in [-0.25, -0.2) is 19.2 Å². The number of aromatic amines is 1. The molecule has 7 N–H and O–H groups in total. The van der Waals surface area contributed by atoms with Gasteiger partial charge in [0.2, 0.25) is 10.0 Å². The first kappa shape index (κ1) is 33.4. The first-order chi connectivity index (χ1) is 20.0. The van der Waals surface area contributed by atoms with Crippen LogP contribution in [-0.4, -0.2) is 53.2 Å². The second-order valence-electron chi connectivity index (χ2n) is 11.8. The molecule has 3 aromatic rings. The summed E-state index contributed by atoms with van der Waals surface area (Å²) in [6.07, 6.45) is 5.39. The second kappa shape index (κ2) is 13.4. The average molecular weight is 611 g/mol. The Hall–Kier alpha value is -4.13. The molecule has 232 valence electrons. The number of rotatable bonds is 11. The number of sulfonamides is 1. The van der Waals surface area contributed by atoms with Crippen molar-refractivity contribution < 1.29 is 22.9 Å². The number of carbonyl (C=O) groups is 1. The maximum atomic E-state index is 13.5. The molecule has 0 atom stereocenters. The normalized spacial score (nSPS) is 12.3. The maximum Gasteiger partial charge on any atom is 0.255 e. The fourth-order valence-corrected chi connectivity index (χ4v) is 4.85. The predicted octanol–water partition coefficient (Wildman–Crippen LogP) is 3.48. The van der Waals surface area contributed by atoms with Crippen molar-refractivity contribution in [2.75, 3.05) is 49.1 Å². The predicted molar refractivity (Wildman–Crippen MR) is 173 cm³/mol. The summed E-state index contributed by atoms with van der Waals surface area (Å²) in [4.78, 5) is 18.9. The molecule has 0 aliphatic heterocycles. The van der Waals surface area contributed by atoms with E-state index in [-0.39, 0.29) is 16.9 Å². The number of likely N-dealkylation sites (N-methyl/N-ethyl adjacent to an activating group) is 1. The minimum Gasteiger partial charge on any atom is -0.492 e. The molecule has 0 spiro atoms. The van der Waals surface area contributed by atoms with Gasteiger partial charge < -0.3 is 20.7 Å². The lowest BCUT2D eigenvalue weighted by atomic mass is 9.86. The number of anilines is 3. The summed E-state index contributed by atoms with van der Waals surface area (Å²) >= 11 is 0. The standard InChI is InChI=1S/C31H43N7O4S/c1-20-9-10-21(15-28(20)38(33)19-25(32)22-11-12-24(34-18-22)13-14-37(5)6)30(39)35-26-16-23(31(2,3)4)17-27(29(26)42-7)36-43(8,40)41/h9-12,15-19,36H,13-14,32-33H2,1-8H3,(H,35,39)/p+1/b25-19-. The van der Waals surface area contributed by atoms with E-state index in [0.717, 1.165) is 41.6 Å². The Morgan fingerprint density at radius 1 is 1.07 bits per heavy atom. The summed E-state index contributed by atoms with van der Waals surface area (Å²) in [5.74, 6) is 6.17. The van der Waals surface area contributed by atoms with E-state index in [2.05, 4.69) is 19.9 Å². The molecular formula is C31H44N7O4S+. The summed E-state index contributed by atoms with van der Waals surface area (Å²) in [6.45, 7) is 8.78. The van der Waals surface area contributed by atoms with Crippen LogP contribution in [0.4, 0.5) is 17.1 Å².